The summed E-state index contributed by atoms with van der Waals surface area (Å²) >= 11 is 1.29. The lowest BCUT2D eigenvalue weighted by atomic mass is 10.1. The largest absolute Gasteiger partial charge is 0.359 e. The molecule has 2 aromatic rings. The van der Waals surface area contributed by atoms with E-state index >= 15 is 0 Å². The van der Waals surface area contributed by atoms with Gasteiger partial charge in [-0.1, -0.05) is 30.0 Å². The standard InChI is InChI=1S/C17H20N4O2S/c1-12-9-10-19-17(20-12)24-11-16(23)21-14-6-4-3-5-13(14)7-8-15(22)18-2/h3-6,9-10H,7-8,11H2,1-2H3,(H,18,22)(H,21,23). The highest BCUT2D eigenvalue weighted by Crippen LogP contribution is 2.18. The van der Waals surface area contributed by atoms with Crippen molar-refractivity contribution in [1.29, 1.82) is 0 Å². The molecule has 0 fully saturated rings. The summed E-state index contributed by atoms with van der Waals surface area (Å²) < 4.78 is 0. The van der Waals surface area contributed by atoms with Crippen LogP contribution < -0.4 is 10.6 Å². The predicted octanol–water partition coefficient (Wildman–Crippen LogP) is 2.19. The molecular formula is C17H20N4O2S. The number of amides is 2. The minimum Gasteiger partial charge on any atom is -0.359 e. The fourth-order valence-electron chi connectivity index (χ4n) is 2.05. The van der Waals surface area contributed by atoms with Crippen molar-refractivity contribution < 1.29 is 9.59 Å². The molecule has 0 aliphatic carbocycles. The van der Waals surface area contributed by atoms with Crippen LogP contribution in [0.25, 0.3) is 0 Å². The van der Waals surface area contributed by atoms with E-state index in [1.807, 2.05) is 37.3 Å². The lowest BCUT2D eigenvalue weighted by Gasteiger charge is -2.10. The van der Waals surface area contributed by atoms with E-state index in [-0.39, 0.29) is 17.6 Å². The van der Waals surface area contributed by atoms with Crippen LogP contribution >= 0.6 is 11.8 Å². The molecule has 0 unspecified atom stereocenters. The monoisotopic (exact) mass is 344 g/mol. The first-order chi connectivity index (χ1) is 11.6. The van der Waals surface area contributed by atoms with Gasteiger partial charge in [0.1, 0.15) is 0 Å². The number of benzene rings is 1. The number of nitrogens with zero attached hydrogens (tertiary/aromatic N) is 2. The fourth-order valence-corrected chi connectivity index (χ4v) is 2.72. The minimum atomic E-state index is -0.127. The Morgan fingerprint density at radius 1 is 1.17 bits per heavy atom. The first-order valence-corrected chi connectivity index (χ1v) is 8.58. The highest BCUT2D eigenvalue weighted by atomic mass is 32.2. The number of aryl methyl sites for hydroxylation is 2. The zero-order valence-corrected chi connectivity index (χ0v) is 14.5. The Labute approximate surface area is 145 Å². The molecule has 0 atom stereocenters. The van der Waals surface area contributed by atoms with Crippen LogP contribution in [0, 0.1) is 6.92 Å². The number of aromatic nitrogens is 2. The summed E-state index contributed by atoms with van der Waals surface area (Å²) in [5, 5.41) is 6.07. The normalized spacial score (nSPS) is 10.2. The molecule has 2 amide bonds. The van der Waals surface area contributed by atoms with Gasteiger partial charge in [0.2, 0.25) is 11.8 Å². The molecule has 7 heteroatoms. The number of anilines is 1. The zero-order valence-electron chi connectivity index (χ0n) is 13.7. The van der Waals surface area contributed by atoms with E-state index in [1.165, 1.54) is 11.8 Å². The topological polar surface area (TPSA) is 84.0 Å². The molecule has 2 rings (SSSR count). The first-order valence-electron chi connectivity index (χ1n) is 7.59. The highest BCUT2D eigenvalue weighted by Gasteiger charge is 2.09. The van der Waals surface area contributed by atoms with Gasteiger partial charge in [0.25, 0.3) is 0 Å². The molecule has 24 heavy (non-hydrogen) atoms. The molecule has 0 spiro atoms. The van der Waals surface area contributed by atoms with Crippen LogP contribution in [0.3, 0.4) is 0 Å². The maximum Gasteiger partial charge on any atom is 0.234 e. The van der Waals surface area contributed by atoms with Gasteiger partial charge in [-0.25, -0.2) is 9.97 Å². The van der Waals surface area contributed by atoms with E-state index in [2.05, 4.69) is 20.6 Å². The smallest absolute Gasteiger partial charge is 0.234 e. The Bertz CT molecular complexity index is 721. The summed E-state index contributed by atoms with van der Waals surface area (Å²) in [5.74, 6) is 0.0773. The van der Waals surface area contributed by atoms with Crippen molar-refractivity contribution in [3.05, 3.63) is 47.8 Å². The summed E-state index contributed by atoms with van der Waals surface area (Å²) in [4.78, 5) is 31.9. The summed E-state index contributed by atoms with van der Waals surface area (Å²) in [7, 11) is 1.61. The predicted molar refractivity (Wildman–Crippen MR) is 95.0 cm³/mol. The number of hydrogen-bond acceptors (Lipinski definition) is 5. The number of thioether (sulfide) groups is 1. The van der Waals surface area contributed by atoms with Crippen LogP contribution in [0.5, 0.6) is 0 Å². The molecule has 0 aliphatic heterocycles. The molecule has 6 nitrogen and oxygen atoms in total. The molecule has 126 valence electrons. The van der Waals surface area contributed by atoms with Gasteiger partial charge in [-0.15, -0.1) is 0 Å². The summed E-state index contributed by atoms with van der Waals surface area (Å²) in [6, 6.07) is 9.31. The number of carbonyl (C=O) groups is 2. The number of carbonyl (C=O) groups excluding carboxylic acids is 2. The van der Waals surface area contributed by atoms with Gasteiger partial charge in [0.05, 0.1) is 5.75 Å². The van der Waals surface area contributed by atoms with Crippen LogP contribution in [-0.4, -0.2) is 34.6 Å². The summed E-state index contributed by atoms with van der Waals surface area (Å²) in [6.45, 7) is 1.88. The molecule has 1 aromatic carbocycles. The van der Waals surface area contributed by atoms with Crippen molar-refractivity contribution in [2.24, 2.45) is 0 Å². The van der Waals surface area contributed by atoms with E-state index in [4.69, 9.17) is 0 Å². The average molecular weight is 344 g/mol. The Morgan fingerprint density at radius 2 is 1.96 bits per heavy atom. The van der Waals surface area contributed by atoms with Crippen molar-refractivity contribution >= 4 is 29.3 Å². The molecular weight excluding hydrogens is 324 g/mol. The Hall–Kier alpha value is -2.41. The molecule has 0 aliphatic rings. The van der Waals surface area contributed by atoms with Crippen molar-refractivity contribution in [1.82, 2.24) is 15.3 Å². The van der Waals surface area contributed by atoms with E-state index in [0.717, 1.165) is 16.9 Å². The van der Waals surface area contributed by atoms with Gasteiger partial charge in [0.15, 0.2) is 5.16 Å². The summed E-state index contributed by atoms with van der Waals surface area (Å²) in [6.07, 6.45) is 2.64. The third-order valence-corrected chi connectivity index (χ3v) is 4.16. The number of nitrogens with one attached hydrogen (secondary N) is 2. The van der Waals surface area contributed by atoms with E-state index < -0.39 is 0 Å². The van der Waals surface area contributed by atoms with E-state index in [1.54, 1.807) is 13.2 Å². The van der Waals surface area contributed by atoms with Gasteiger partial charge >= 0.3 is 0 Å². The van der Waals surface area contributed by atoms with Crippen LogP contribution in [0.15, 0.2) is 41.7 Å². The van der Waals surface area contributed by atoms with Crippen molar-refractivity contribution in [3.63, 3.8) is 0 Å². The van der Waals surface area contributed by atoms with Gasteiger partial charge < -0.3 is 10.6 Å². The molecule has 0 bridgehead atoms. The maximum atomic E-state index is 12.2. The van der Waals surface area contributed by atoms with Gasteiger partial charge in [-0.2, -0.15) is 0 Å². The Balaban J connectivity index is 1.92. The van der Waals surface area contributed by atoms with Crippen molar-refractivity contribution in [3.8, 4) is 0 Å². The third-order valence-electron chi connectivity index (χ3n) is 3.30. The minimum absolute atomic E-state index is 0.0247. The molecule has 0 saturated heterocycles. The molecule has 1 aromatic heterocycles. The summed E-state index contributed by atoms with van der Waals surface area (Å²) in [5.41, 5.74) is 2.54. The Morgan fingerprint density at radius 3 is 2.71 bits per heavy atom. The average Bonchev–Trinajstić information content (AvgIpc) is 2.59. The number of hydrogen-bond donors (Lipinski definition) is 2. The van der Waals surface area contributed by atoms with Crippen molar-refractivity contribution in [2.75, 3.05) is 18.1 Å². The van der Waals surface area contributed by atoms with E-state index in [0.29, 0.717) is 18.0 Å². The van der Waals surface area contributed by atoms with Gasteiger partial charge in [-0.05, 0) is 31.0 Å². The lowest BCUT2D eigenvalue weighted by Crippen LogP contribution is -2.19. The van der Waals surface area contributed by atoms with Gasteiger partial charge in [-0.3, -0.25) is 9.59 Å². The molecule has 1 heterocycles. The quantitative estimate of drug-likeness (QED) is 0.594. The fraction of sp³-hybridized carbons (Fsp3) is 0.294. The second-order valence-corrected chi connectivity index (χ2v) is 6.09. The van der Waals surface area contributed by atoms with Crippen LogP contribution in [-0.2, 0) is 16.0 Å². The second-order valence-electron chi connectivity index (χ2n) is 5.15. The molecule has 0 radical (unpaired) electrons. The van der Waals surface area contributed by atoms with Gasteiger partial charge in [0, 0.05) is 31.0 Å². The lowest BCUT2D eigenvalue weighted by molar-refractivity contribution is -0.120. The Kier molecular flexibility index (Phi) is 6.74. The zero-order chi connectivity index (χ0) is 17.4. The van der Waals surface area contributed by atoms with Crippen molar-refractivity contribution in [2.45, 2.75) is 24.9 Å². The SMILES string of the molecule is CNC(=O)CCc1ccccc1NC(=O)CSc1nccc(C)n1. The second kappa shape index (κ2) is 9.02. The molecule has 2 N–H and O–H groups in total. The van der Waals surface area contributed by atoms with E-state index in [9.17, 15) is 9.59 Å². The van der Waals surface area contributed by atoms with Crippen LogP contribution in [0.4, 0.5) is 5.69 Å². The number of rotatable bonds is 7. The van der Waals surface area contributed by atoms with Crippen LogP contribution in [0.1, 0.15) is 17.7 Å². The third kappa shape index (κ3) is 5.66. The maximum absolute atomic E-state index is 12.2. The highest BCUT2D eigenvalue weighted by molar-refractivity contribution is 7.99. The van der Waals surface area contributed by atoms with Crippen LogP contribution in [0.2, 0.25) is 0 Å². The molecule has 0 saturated carbocycles. The first kappa shape index (κ1) is 17.9. The number of para-hydroxylation sites is 1.